The van der Waals surface area contributed by atoms with E-state index in [1.807, 2.05) is 31.2 Å². The zero-order valence-corrected chi connectivity index (χ0v) is 18.8. The van der Waals surface area contributed by atoms with Gasteiger partial charge in [-0.1, -0.05) is 30.3 Å². The van der Waals surface area contributed by atoms with Gasteiger partial charge in [0.1, 0.15) is 11.6 Å². The maximum absolute atomic E-state index is 13.0. The van der Waals surface area contributed by atoms with E-state index in [9.17, 15) is 4.79 Å². The third kappa shape index (κ3) is 5.71. The van der Waals surface area contributed by atoms with Crippen LogP contribution in [0.5, 0.6) is 5.75 Å². The van der Waals surface area contributed by atoms with Gasteiger partial charge in [-0.15, -0.1) is 0 Å². The molecule has 3 aromatic rings. The number of hydrogen-bond acceptors (Lipinski definition) is 5. The highest BCUT2D eigenvalue weighted by atomic mass is 16.5. The minimum Gasteiger partial charge on any atom is -0.497 e. The lowest BCUT2D eigenvalue weighted by Gasteiger charge is -2.32. The third-order valence-corrected chi connectivity index (χ3v) is 6.02. The molecule has 0 atom stereocenters. The van der Waals surface area contributed by atoms with Crippen molar-refractivity contribution in [2.45, 2.75) is 32.7 Å². The van der Waals surface area contributed by atoms with Crippen LogP contribution in [-0.4, -0.2) is 41.0 Å². The molecule has 166 valence electrons. The molecule has 1 fully saturated rings. The summed E-state index contributed by atoms with van der Waals surface area (Å²) in [5.41, 5.74) is 3.47. The molecule has 1 aliphatic heterocycles. The van der Waals surface area contributed by atoms with E-state index in [2.05, 4.69) is 50.5 Å². The quantitative estimate of drug-likeness (QED) is 0.598. The molecule has 4 rings (SSSR count). The average molecular weight is 431 g/mol. The van der Waals surface area contributed by atoms with Crippen LogP contribution in [0.2, 0.25) is 0 Å². The first-order valence-electron chi connectivity index (χ1n) is 11.1. The summed E-state index contributed by atoms with van der Waals surface area (Å²) >= 11 is 0. The van der Waals surface area contributed by atoms with E-state index in [1.54, 1.807) is 13.3 Å². The van der Waals surface area contributed by atoms with E-state index in [-0.39, 0.29) is 5.91 Å². The maximum atomic E-state index is 13.0. The molecule has 0 saturated carbocycles. The zero-order valence-electron chi connectivity index (χ0n) is 18.8. The molecule has 1 aliphatic rings. The number of likely N-dealkylation sites (tertiary alicyclic amines) is 1. The van der Waals surface area contributed by atoms with Gasteiger partial charge in [-0.2, -0.15) is 0 Å². The molecule has 6 heteroatoms. The molecule has 1 amide bonds. The first-order valence-corrected chi connectivity index (χ1v) is 11.1. The predicted molar refractivity (Wildman–Crippen MR) is 126 cm³/mol. The Labute approximate surface area is 189 Å². The number of hydrogen-bond donors (Lipinski definition) is 1. The fourth-order valence-corrected chi connectivity index (χ4v) is 4.20. The Balaban J connectivity index is 1.38. The summed E-state index contributed by atoms with van der Waals surface area (Å²) in [5, 5.41) is 2.96. The van der Waals surface area contributed by atoms with Gasteiger partial charge >= 0.3 is 0 Å². The summed E-state index contributed by atoms with van der Waals surface area (Å²) in [7, 11) is 1.62. The van der Waals surface area contributed by atoms with Gasteiger partial charge in [-0.05, 0) is 75.0 Å². The van der Waals surface area contributed by atoms with Gasteiger partial charge in [0.25, 0.3) is 5.91 Å². The van der Waals surface area contributed by atoms with Crippen molar-refractivity contribution in [1.29, 1.82) is 0 Å². The number of amides is 1. The van der Waals surface area contributed by atoms with Crippen LogP contribution < -0.4 is 10.1 Å². The summed E-state index contributed by atoms with van der Waals surface area (Å²) < 4.78 is 5.18. The molecule has 1 saturated heterocycles. The summed E-state index contributed by atoms with van der Waals surface area (Å²) in [6, 6.07) is 17.9. The second-order valence-electron chi connectivity index (χ2n) is 8.37. The van der Waals surface area contributed by atoms with E-state index in [0.717, 1.165) is 56.0 Å². The molecule has 32 heavy (non-hydrogen) atoms. The van der Waals surface area contributed by atoms with Crippen LogP contribution in [0, 0.1) is 12.8 Å². The number of carbonyl (C=O) groups is 1. The highest BCUT2D eigenvalue weighted by Crippen LogP contribution is 2.24. The van der Waals surface area contributed by atoms with Gasteiger partial charge in [0.05, 0.1) is 18.4 Å². The van der Waals surface area contributed by atoms with E-state index in [0.29, 0.717) is 17.3 Å². The SMILES string of the molecule is COc1ccc(NC(=O)c2cnc(C)nc2CC2CCN(Cc3ccccc3)CC2)cc1. The largest absolute Gasteiger partial charge is 0.497 e. The van der Waals surface area contributed by atoms with Crippen LogP contribution in [0.1, 0.15) is 40.3 Å². The third-order valence-electron chi connectivity index (χ3n) is 6.02. The summed E-state index contributed by atoms with van der Waals surface area (Å²) in [6.45, 7) is 5.00. The van der Waals surface area contributed by atoms with Crippen LogP contribution >= 0.6 is 0 Å². The standard InChI is InChI=1S/C26H30N4O2/c1-19-27-17-24(26(31)29-22-8-10-23(32-2)11-9-22)25(28-19)16-20-12-14-30(15-13-20)18-21-6-4-3-5-7-21/h3-11,17,20H,12-16,18H2,1-2H3,(H,29,31). The summed E-state index contributed by atoms with van der Waals surface area (Å²) in [5.74, 6) is 1.79. The molecular formula is C26H30N4O2. The van der Waals surface area contributed by atoms with E-state index in [4.69, 9.17) is 4.74 Å². The molecule has 1 N–H and O–H groups in total. The number of ether oxygens (including phenoxy) is 1. The molecule has 2 aromatic carbocycles. The number of nitrogens with one attached hydrogen (secondary N) is 1. The van der Waals surface area contributed by atoms with Crippen LogP contribution in [0.3, 0.4) is 0 Å². The minimum absolute atomic E-state index is 0.174. The Morgan fingerprint density at radius 2 is 1.81 bits per heavy atom. The molecule has 0 aliphatic carbocycles. The van der Waals surface area contributed by atoms with E-state index < -0.39 is 0 Å². The lowest BCUT2D eigenvalue weighted by molar-refractivity contribution is 0.102. The van der Waals surface area contributed by atoms with Gasteiger partial charge < -0.3 is 10.1 Å². The van der Waals surface area contributed by atoms with E-state index in [1.165, 1.54) is 5.56 Å². The molecule has 0 spiro atoms. The van der Waals surface area contributed by atoms with Crippen LogP contribution in [0.25, 0.3) is 0 Å². The number of carbonyl (C=O) groups excluding carboxylic acids is 1. The predicted octanol–water partition coefficient (Wildman–Crippen LogP) is 4.50. The number of aromatic nitrogens is 2. The van der Waals surface area contributed by atoms with Crippen molar-refractivity contribution in [3.63, 3.8) is 0 Å². The van der Waals surface area contributed by atoms with E-state index >= 15 is 0 Å². The number of aryl methyl sites for hydroxylation is 1. The number of benzene rings is 2. The number of nitrogens with zero attached hydrogens (tertiary/aromatic N) is 3. The number of rotatable bonds is 7. The van der Waals surface area contributed by atoms with Crippen molar-refractivity contribution in [3.05, 3.63) is 83.4 Å². The first kappa shape index (κ1) is 22.0. The zero-order chi connectivity index (χ0) is 22.3. The van der Waals surface area contributed by atoms with Gasteiger partial charge in [0.2, 0.25) is 0 Å². The smallest absolute Gasteiger partial charge is 0.259 e. The van der Waals surface area contributed by atoms with Gasteiger partial charge in [0, 0.05) is 18.4 Å². The molecular weight excluding hydrogens is 400 g/mol. The molecule has 2 heterocycles. The average Bonchev–Trinajstić information content (AvgIpc) is 2.81. The molecule has 6 nitrogen and oxygen atoms in total. The Hall–Kier alpha value is -3.25. The van der Waals surface area contributed by atoms with Gasteiger partial charge in [-0.3, -0.25) is 9.69 Å². The molecule has 0 unspecified atom stereocenters. The maximum Gasteiger partial charge on any atom is 0.259 e. The Bertz CT molecular complexity index is 1030. The highest BCUT2D eigenvalue weighted by Gasteiger charge is 2.23. The second kappa shape index (κ2) is 10.4. The van der Waals surface area contributed by atoms with Crippen molar-refractivity contribution in [2.75, 3.05) is 25.5 Å². The first-order chi connectivity index (χ1) is 15.6. The van der Waals surface area contributed by atoms with Crippen molar-refractivity contribution in [2.24, 2.45) is 5.92 Å². The van der Waals surface area contributed by atoms with Crippen molar-refractivity contribution in [1.82, 2.24) is 14.9 Å². The van der Waals surface area contributed by atoms with Crippen LogP contribution in [0.15, 0.2) is 60.8 Å². The molecule has 0 bridgehead atoms. The number of piperidine rings is 1. The van der Waals surface area contributed by atoms with Crippen LogP contribution in [-0.2, 0) is 13.0 Å². The minimum atomic E-state index is -0.174. The Morgan fingerprint density at radius 1 is 1.09 bits per heavy atom. The lowest BCUT2D eigenvalue weighted by Crippen LogP contribution is -2.34. The fraction of sp³-hybridized carbons (Fsp3) is 0.346. The van der Waals surface area contributed by atoms with Gasteiger partial charge in [-0.25, -0.2) is 9.97 Å². The topological polar surface area (TPSA) is 67.3 Å². The monoisotopic (exact) mass is 430 g/mol. The number of anilines is 1. The van der Waals surface area contributed by atoms with Crippen molar-refractivity contribution in [3.8, 4) is 5.75 Å². The highest BCUT2D eigenvalue weighted by molar-refractivity contribution is 6.04. The molecule has 1 aromatic heterocycles. The van der Waals surface area contributed by atoms with Crippen molar-refractivity contribution < 1.29 is 9.53 Å². The van der Waals surface area contributed by atoms with Crippen LogP contribution in [0.4, 0.5) is 5.69 Å². The second-order valence-corrected chi connectivity index (χ2v) is 8.37. The van der Waals surface area contributed by atoms with Gasteiger partial charge in [0.15, 0.2) is 0 Å². The normalized spacial score (nSPS) is 14.8. The number of methoxy groups -OCH3 is 1. The fourth-order valence-electron chi connectivity index (χ4n) is 4.20. The lowest BCUT2D eigenvalue weighted by atomic mass is 9.90. The Morgan fingerprint density at radius 3 is 2.50 bits per heavy atom. The summed E-state index contributed by atoms with van der Waals surface area (Å²) in [4.78, 5) is 24.4. The van der Waals surface area contributed by atoms with Crippen molar-refractivity contribution >= 4 is 11.6 Å². The summed E-state index contributed by atoms with van der Waals surface area (Å²) in [6.07, 6.45) is 4.67. The molecule has 0 radical (unpaired) electrons. The Kier molecular flexibility index (Phi) is 7.12.